The number of halogens is 1. The number of nitrogens with zero attached hydrogens (tertiary/aromatic N) is 1. The Morgan fingerprint density at radius 1 is 1.19 bits per heavy atom. The Morgan fingerprint density at radius 2 is 1.81 bits per heavy atom. The molecular formula is C18H20ClNO6. The molecule has 2 rings (SSSR count). The van der Waals surface area contributed by atoms with Crippen molar-refractivity contribution in [3.63, 3.8) is 0 Å². The average Bonchev–Trinajstić information content (AvgIpc) is 2.61. The second-order valence-electron chi connectivity index (χ2n) is 5.66. The van der Waals surface area contributed by atoms with Gasteiger partial charge in [-0.1, -0.05) is 29.8 Å². The van der Waals surface area contributed by atoms with Crippen molar-refractivity contribution in [3.8, 4) is 0 Å². The molecule has 140 valence electrons. The summed E-state index contributed by atoms with van der Waals surface area (Å²) in [5.41, 5.74) is 1.01. The second-order valence-corrected chi connectivity index (χ2v) is 6.07. The third-order valence-electron chi connectivity index (χ3n) is 4.23. The molecule has 0 aromatic heterocycles. The van der Waals surface area contributed by atoms with E-state index in [1.54, 1.807) is 31.2 Å². The third-order valence-corrected chi connectivity index (χ3v) is 4.57. The molecule has 0 spiro atoms. The van der Waals surface area contributed by atoms with E-state index in [2.05, 4.69) is 4.99 Å². The highest BCUT2D eigenvalue weighted by Gasteiger charge is 2.44. The number of carboxylic acids is 1. The van der Waals surface area contributed by atoms with Gasteiger partial charge in [0.15, 0.2) is 0 Å². The summed E-state index contributed by atoms with van der Waals surface area (Å²) < 4.78 is 15.4. The first-order valence-electron chi connectivity index (χ1n) is 7.77. The molecule has 1 aromatic rings. The molecular weight excluding hydrogens is 362 g/mol. The molecule has 0 aliphatic carbocycles. The largest absolute Gasteiger partial charge is 0.481 e. The van der Waals surface area contributed by atoms with Gasteiger partial charge in [-0.25, -0.2) is 4.79 Å². The summed E-state index contributed by atoms with van der Waals surface area (Å²) in [7, 11) is 4.01. The number of carboxylic acid groups (broad SMARTS) is 1. The minimum Gasteiger partial charge on any atom is -0.481 e. The van der Waals surface area contributed by atoms with Crippen LogP contribution in [0.15, 0.2) is 40.5 Å². The van der Waals surface area contributed by atoms with E-state index in [0.717, 1.165) is 0 Å². The predicted octanol–water partition coefficient (Wildman–Crippen LogP) is 2.64. The van der Waals surface area contributed by atoms with Gasteiger partial charge in [0.2, 0.25) is 6.29 Å². The lowest BCUT2D eigenvalue weighted by atomic mass is 9.75. The number of rotatable bonds is 6. The molecule has 1 heterocycles. The van der Waals surface area contributed by atoms with Crippen molar-refractivity contribution in [2.24, 2.45) is 10.9 Å². The number of methoxy groups -OCH3 is 3. The first kappa shape index (κ1) is 20.1. The van der Waals surface area contributed by atoms with Gasteiger partial charge in [-0.2, -0.15) is 0 Å². The molecule has 1 N–H and O–H groups in total. The summed E-state index contributed by atoms with van der Waals surface area (Å²) in [6.45, 7) is 1.58. The van der Waals surface area contributed by atoms with Crippen LogP contribution in [-0.2, 0) is 23.8 Å². The van der Waals surface area contributed by atoms with Gasteiger partial charge in [0, 0.05) is 30.9 Å². The molecule has 0 bridgehead atoms. The number of hydrogen-bond donors (Lipinski definition) is 1. The van der Waals surface area contributed by atoms with E-state index >= 15 is 0 Å². The number of esters is 1. The minimum absolute atomic E-state index is 0.0484. The maximum absolute atomic E-state index is 12.6. The first-order chi connectivity index (χ1) is 12.4. The highest BCUT2D eigenvalue weighted by atomic mass is 35.5. The van der Waals surface area contributed by atoms with Crippen LogP contribution in [0.25, 0.3) is 0 Å². The lowest BCUT2D eigenvalue weighted by molar-refractivity contribution is -0.140. The summed E-state index contributed by atoms with van der Waals surface area (Å²) in [4.78, 5) is 28.9. The number of carbonyl (C=O) groups is 2. The van der Waals surface area contributed by atoms with Crippen LogP contribution in [0.5, 0.6) is 0 Å². The van der Waals surface area contributed by atoms with Crippen molar-refractivity contribution < 1.29 is 28.9 Å². The summed E-state index contributed by atoms with van der Waals surface area (Å²) >= 11 is 6.31. The zero-order valence-electron chi connectivity index (χ0n) is 14.9. The van der Waals surface area contributed by atoms with Crippen LogP contribution in [0.2, 0.25) is 5.02 Å². The number of aliphatic carboxylic acids is 1. The van der Waals surface area contributed by atoms with Gasteiger partial charge >= 0.3 is 11.9 Å². The molecule has 1 aliphatic rings. The molecule has 0 amide bonds. The summed E-state index contributed by atoms with van der Waals surface area (Å²) in [6.07, 6.45) is -0.959. The van der Waals surface area contributed by atoms with Crippen molar-refractivity contribution in [2.45, 2.75) is 19.1 Å². The van der Waals surface area contributed by atoms with Gasteiger partial charge in [0.25, 0.3) is 0 Å². The molecule has 0 radical (unpaired) electrons. The number of ether oxygens (including phenoxy) is 3. The summed E-state index contributed by atoms with van der Waals surface area (Å²) in [5, 5.41) is 10.1. The maximum Gasteiger partial charge on any atom is 0.336 e. The van der Waals surface area contributed by atoms with Crippen molar-refractivity contribution >= 4 is 29.3 Å². The molecule has 7 nitrogen and oxygen atoms in total. The van der Waals surface area contributed by atoms with Crippen LogP contribution < -0.4 is 0 Å². The van der Waals surface area contributed by atoms with Crippen LogP contribution >= 0.6 is 11.6 Å². The van der Waals surface area contributed by atoms with Crippen molar-refractivity contribution in [2.75, 3.05) is 21.3 Å². The topological polar surface area (TPSA) is 94.4 Å². The molecule has 2 unspecified atom stereocenters. The van der Waals surface area contributed by atoms with Crippen molar-refractivity contribution in [1.82, 2.24) is 0 Å². The highest BCUT2D eigenvalue weighted by molar-refractivity contribution is 6.31. The standard InChI is InChI=1S/C18H20ClNO6/c1-9-12(16(21)22)13(10-7-5-6-8-11(10)19)14(17(23)24-2)15(20-9)18(25-3)26-4/h5-8,12-13,18H,1-4H3,(H,21,22). The lowest BCUT2D eigenvalue weighted by Gasteiger charge is -2.32. The molecule has 1 aliphatic heterocycles. The maximum atomic E-state index is 12.6. The molecule has 8 heteroatoms. The molecule has 2 atom stereocenters. The van der Waals surface area contributed by atoms with E-state index in [1.807, 2.05) is 0 Å². The van der Waals surface area contributed by atoms with Crippen LogP contribution in [0.1, 0.15) is 18.4 Å². The smallest absolute Gasteiger partial charge is 0.336 e. The van der Waals surface area contributed by atoms with Gasteiger partial charge in [-0.15, -0.1) is 0 Å². The predicted molar refractivity (Wildman–Crippen MR) is 95.3 cm³/mol. The fourth-order valence-corrected chi connectivity index (χ4v) is 3.36. The Labute approximate surface area is 156 Å². The van der Waals surface area contributed by atoms with Crippen molar-refractivity contribution in [3.05, 3.63) is 46.1 Å². The Kier molecular flexibility index (Phi) is 6.52. The van der Waals surface area contributed by atoms with E-state index < -0.39 is 30.1 Å². The van der Waals surface area contributed by atoms with Crippen LogP contribution in [0.3, 0.4) is 0 Å². The molecule has 0 saturated heterocycles. The monoisotopic (exact) mass is 381 g/mol. The van der Waals surface area contributed by atoms with E-state index in [9.17, 15) is 14.7 Å². The average molecular weight is 382 g/mol. The quantitative estimate of drug-likeness (QED) is 0.601. The van der Waals surface area contributed by atoms with Gasteiger partial charge in [0.05, 0.1) is 12.7 Å². The fraction of sp³-hybridized carbons (Fsp3) is 0.389. The second kappa shape index (κ2) is 8.44. The Morgan fingerprint density at radius 3 is 2.31 bits per heavy atom. The Hall–Kier alpha value is -2.22. The van der Waals surface area contributed by atoms with E-state index in [-0.39, 0.29) is 11.3 Å². The van der Waals surface area contributed by atoms with Gasteiger partial charge < -0.3 is 19.3 Å². The Balaban J connectivity index is 2.82. The number of benzene rings is 1. The fourth-order valence-electron chi connectivity index (χ4n) is 3.11. The summed E-state index contributed by atoms with van der Waals surface area (Å²) in [5.74, 6) is -3.81. The highest BCUT2D eigenvalue weighted by Crippen LogP contribution is 2.43. The number of hydrogen-bond acceptors (Lipinski definition) is 6. The zero-order chi connectivity index (χ0) is 19.4. The number of carbonyl (C=O) groups excluding carboxylic acids is 1. The van der Waals surface area contributed by atoms with Crippen LogP contribution in [0.4, 0.5) is 0 Å². The minimum atomic E-state index is -1.12. The number of aliphatic imine (C=N–C) groups is 1. The SMILES string of the molecule is COC(=O)C1=C(C(OC)OC)N=C(C)C(C(=O)O)C1c1ccccc1Cl. The van der Waals surface area contributed by atoms with E-state index in [1.165, 1.54) is 21.3 Å². The zero-order valence-corrected chi connectivity index (χ0v) is 15.6. The van der Waals surface area contributed by atoms with Gasteiger partial charge in [0.1, 0.15) is 11.6 Å². The van der Waals surface area contributed by atoms with Crippen LogP contribution in [-0.4, -0.2) is 50.4 Å². The van der Waals surface area contributed by atoms with Crippen molar-refractivity contribution in [1.29, 1.82) is 0 Å². The Bertz CT molecular complexity index is 769. The van der Waals surface area contributed by atoms with Gasteiger partial charge in [-0.3, -0.25) is 9.79 Å². The van der Waals surface area contributed by atoms with Gasteiger partial charge in [-0.05, 0) is 18.6 Å². The van der Waals surface area contributed by atoms with E-state index in [0.29, 0.717) is 16.3 Å². The normalized spacial score (nSPS) is 20.2. The third kappa shape index (κ3) is 3.65. The van der Waals surface area contributed by atoms with Crippen LogP contribution in [0, 0.1) is 5.92 Å². The lowest BCUT2D eigenvalue weighted by Crippen LogP contribution is -2.37. The first-order valence-corrected chi connectivity index (χ1v) is 8.15. The van der Waals surface area contributed by atoms with E-state index in [4.69, 9.17) is 25.8 Å². The molecule has 0 saturated carbocycles. The summed E-state index contributed by atoms with van der Waals surface area (Å²) in [6, 6.07) is 6.76. The molecule has 26 heavy (non-hydrogen) atoms. The molecule has 0 fully saturated rings. The molecule has 1 aromatic carbocycles.